The van der Waals surface area contributed by atoms with Gasteiger partial charge in [0.1, 0.15) is 5.75 Å². The first kappa shape index (κ1) is 16.9. The zero-order valence-electron chi connectivity index (χ0n) is 14.6. The molecule has 5 rings (SSSR count). The van der Waals surface area contributed by atoms with E-state index < -0.39 is 0 Å². The summed E-state index contributed by atoms with van der Waals surface area (Å²) in [5.74, 6) is 0.305. The Balaban J connectivity index is 1.61. The van der Waals surface area contributed by atoms with Gasteiger partial charge in [0.05, 0.1) is 28.3 Å². The van der Waals surface area contributed by atoms with Gasteiger partial charge in [-0.05, 0) is 12.1 Å². The maximum atomic E-state index is 10.9. The highest BCUT2D eigenvalue weighted by atomic mass is 32.2. The molecule has 1 aromatic heterocycles. The number of ether oxygens (including phenoxy) is 1. The van der Waals surface area contributed by atoms with Gasteiger partial charge in [-0.1, -0.05) is 48.2 Å². The number of nitrogens with zero attached hydrogens (tertiary/aromatic N) is 2. The van der Waals surface area contributed by atoms with Gasteiger partial charge in [-0.2, -0.15) is 0 Å². The predicted molar refractivity (Wildman–Crippen MR) is 112 cm³/mol. The highest BCUT2D eigenvalue weighted by Crippen LogP contribution is 2.45. The SMILES string of the molecule is Oc1cc(N2CCOCC2)c2ccccc2c1Sc1nc2ccccc2s1. The summed E-state index contributed by atoms with van der Waals surface area (Å²) in [7, 11) is 0. The number of benzene rings is 3. The van der Waals surface area contributed by atoms with Crippen LogP contribution in [0.15, 0.2) is 63.8 Å². The second-order valence-electron chi connectivity index (χ2n) is 6.44. The normalized spacial score (nSPS) is 14.9. The number of aromatic hydroxyl groups is 1. The molecule has 0 spiro atoms. The zero-order valence-corrected chi connectivity index (χ0v) is 16.2. The van der Waals surface area contributed by atoms with Crippen molar-refractivity contribution in [3.05, 3.63) is 54.6 Å². The van der Waals surface area contributed by atoms with Crippen molar-refractivity contribution in [3.63, 3.8) is 0 Å². The summed E-state index contributed by atoms with van der Waals surface area (Å²) in [6.45, 7) is 3.12. The molecule has 0 unspecified atom stereocenters. The van der Waals surface area contributed by atoms with Crippen molar-refractivity contribution < 1.29 is 9.84 Å². The molecule has 0 radical (unpaired) electrons. The summed E-state index contributed by atoms with van der Waals surface area (Å²) in [5.41, 5.74) is 2.07. The topological polar surface area (TPSA) is 45.6 Å². The first-order valence-electron chi connectivity index (χ1n) is 8.90. The highest BCUT2D eigenvalue weighted by molar-refractivity contribution is 8.01. The molecule has 1 fully saturated rings. The van der Waals surface area contributed by atoms with Crippen LogP contribution in [0.1, 0.15) is 0 Å². The molecule has 0 saturated carbocycles. The van der Waals surface area contributed by atoms with Crippen LogP contribution >= 0.6 is 23.1 Å². The number of aromatic nitrogens is 1. The smallest absolute Gasteiger partial charge is 0.156 e. The first-order chi connectivity index (χ1) is 13.3. The number of morpholine rings is 1. The Morgan fingerprint density at radius 1 is 1.00 bits per heavy atom. The van der Waals surface area contributed by atoms with Gasteiger partial charge >= 0.3 is 0 Å². The molecule has 6 heteroatoms. The molecule has 1 aliphatic heterocycles. The Bertz CT molecular complexity index is 1090. The van der Waals surface area contributed by atoms with E-state index in [2.05, 4.69) is 29.2 Å². The lowest BCUT2D eigenvalue weighted by molar-refractivity contribution is 0.123. The third-order valence-corrected chi connectivity index (χ3v) is 7.00. The van der Waals surface area contributed by atoms with Gasteiger partial charge in [-0.3, -0.25) is 0 Å². The van der Waals surface area contributed by atoms with E-state index in [1.54, 1.807) is 11.3 Å². The Morgan fingerprint density at radius 2 is 1.74 bits per heavy atom. The highest BCUT2D eigenvalue weighted by Gasteiger charge is 2.19. The number of hydrogen-bond acceptors (Lipinski definition) is 6. The molecule has 0 amide bonds. The minimum absolute atomic E-state index is 0.305. The van der Waals surface area contributed by atoms with E-state index in [9.17, 15) is 5.11 Å². The maximum absolute atomic E-state index is 10.9. The average molecular weight is 395 g/mol. The van der Waals surface area contributed by atoms with Gasteiger partial charge in [0.15, 0.2) is 4.34 Å². The largest absolute Gasteiger partial charge is 0.507 e. The standard InChI is InChI=1S/C21H18N2O2S2/c24-18-13-17(23-9-11-25-12-10-23)14-5-1-2-6-15(14)20(18)27-21-22-16-7-3-4-8-19(16)26-21/h1-8,13,24H,9-12H2. The number of para-hydroxylation sites is 1. The van der Waals surface area contributed by atoms with Gasteiger partial charge in [-0.15, -0.1) is 11.3 Å². The Kier molecular flexibility index (Phi) is 4.39. The average Bonchev–Trinajstić information content (AvgIpc) is 3.13. The number of anilines is 1. The Hall–Kier alpha value is -2.28. The summed E-state index contributed by atoms with van der Waals surface area (Å²) in [6, 6.07) is 18.3. The summed E-state index contributed by atoms with van der Waals surface area (Å²) in [5, 5.41) is 13.1. The lowest BCUT2D eigenvalue weighted by Gasteiger charge is -2.30. The predicted octanol–water partition coefficient (Wildman–Crippen LogP) is 5.14. The molecule has 1 N–H and O–H groups in total. The van der Waals surface area contributed by atoms with Crippen molar-refractivity contribution in [1.29, 1.82) is 0 Å². The first-order valence-corrected chi connectivity index (χ1v) is 10.5. The third kappa shape index (κ3) is 3.14. The van der Waals surface area contributed by atoms with Crippen LogP contribution in [-0.2, 0) is 4.74 Å². The maximum Gasteiger partial charge on any atom is 0.156 e. The molecule has 0 aliphatic carbocycles. The molecular formula is C21H18N2O2S2. The van der Waals surface area contributed by atoms with Gasteiger partial charge in [0.25, 0.3) is 0 Å². The molecule has 2 heterocycles. The minimum atomic E-state index is 0.305. The van der Waals surface area contributed by atoms with Crippen molar-refractivity contribution in [1.82, 2.24) is 4.98 Å². The number of rotatable bonds is 3. The van der Waals surface area contributed by atoms with Gasteiger partial charge in [0, 0.05) is 35.6 Å². The Morgan fingerprint density at radius 3 is 2.56 bits per heavy atom. The molecule has 1 saturated heterocycles. The fraction of sp³-hybridized carbons (Fsp3) is 0.190. The molecule has 3 aromatic carbocycles. The van der Waals surface area contributed by atoms with Gasteiger partial charge in [0.2, 0.25) is 0 Å². The van der Waals surface area contributed by atoms with Crippen molar-refractivity contribution in [2.75, 3.05) is 31.2 Å². The minimum Gasteiger partial charge on any atom is -0.507 e. The molecular weight excluding hydrogens is 376 g/mol. The van der Waals surface area contributed by atoms with Crippen LogP contribution in [0.25, 0.3) is 21.0 Å². The van der Waals surface area contributed by atoms with E-state index in [0.29, 0.717) is 5.75 Å². The van der Waals surface area contributed by atoms with Gasteiger partial charge in [-0.25, -0.2) is 4.98 Å². The van der Waals surface area contributed by atoms with Crippen molar-refractivity contribution >= 4 is 49.8 Å². The van der Waals surface area contributed by atoms with Crippen LogP contribution in [0.2, 0.25) is 0 Å². The molecule has 1 aliphatic rings. The van der Waals surface area contributed by atoms with Gasteiger partial charge < -0.3 is 14.7 Å². The number of fused-ring (bicyclic) bond motifs is 2. The number of thiazole rings is 1. The van der Waals surface area contributed by atoms with Crippen molar-refractivity contribution in [3.8, 4) is 5.75 Å². The fourth-order valence-corrected chi connectivity index (χ4v) is 5.62. The fourth-order valence-electron chi connectivity index (χ4n) is 3.47. The second kappa shape index (κ2) is 7.03. The molecule has 27 heavy (non-hydrogen) atoms. The lowest BCUT2D eigenvalue weighted by atomic mass is 10.1. The van der Waals surface area contributed by atoms with E-state index in [0.717, 1.165) is 62.2 Å². The van der Waals surface area contributed by atoms with E-state index in [1.165, 1.54) is 11.8 Å². The summed E-state index contributed by atoms with van der Waals surface area (Å²) in [6.07, 6.45) is 0. The van der Waals surface area contributed by atoms with Crippen LogP contribution in [0.5, 0.6) is 5.75 Å². The summed E-state index contributed by atoms with van der Waals surface area (Å²) >= 11 is 3.19. The van der Waals surface area contributed by atoms with Crippen LogP contribution in [0.3, 0.4) is 0 Å². The second-order valence-corrected chi connectivity index (χ2v) is 8.73. The zero-order chi connectivity index (χ0) is 18.2. The Labute approximate surface area is 165 Å². The number of phenolic OH excluding ortho intramolecular Hbond substituents is 1. The number of phenols is 1. The van der Waals surface area contributed by atoms with E-state index in [4.69, 9.17) is 9.72 Å². The van der Waals surface area contributed by atoms with Crippen LogP contribution in [0, 0.1) is 0 Å². The number of hydrogen-bond donors (Lipinski definition) is 1. The molecule has 4 aromatic rings. The van der Waals surface area contributed by atoms with Crippen molar-refractivity contribution in [2.45, 2.75) is 9.24 Å². The summed E-state index contributed by atoms with van der Waals surface area (Å²) in [4.78, 5) is 7.86. The van der Waals surface area contributed by atoms with Crippen LogP contribution in [0.4, 0.5) is 5.69 Å². The molecule has 136 valence electrons. The monoisotopic (exact) mass is 394 g/mol. The van der Waals surface area contributed by atoms with E-state index in [1.807, 2.05) is 30.3 Å². The quantitative estimate of drug-likeness (QED) is 0.521. The molecule has 4 nitrogen and oxygen atoms in total. The lowest BCUT2D eigenvalue weighted by Crippen LogP contribution is -2.36. The van der Waals surface area contributed by atoms with Crippen molar-refractivity contribution in [2.24, 2.45) is 0 Å². The van der Waals surface area contributed by atoms with Crippen LogP contribution in [-0.4, -0.2) is 36.4 Å². The third-order valence-electron chi connectivity index (χ3n) is 4.77. The van der Waals surface area contributed by atoms with Crippen LogP contribution < -0.4 is 4.90 Å². The summed E-state index contributed by atoms with van der Waals surface area (Å²) < 4.78 is 7.58. The van der Waals surface area contributed by atoms with E-state index in [-0.39, 0.29) is 0 Å². The van der Waals surface area contributed by atoms with E-state index >= 15 is 0 Å². The molecule has 0 atom stereocenters. The molecule has 0 bridgehead atoms.